The van der Waals surface area contributed by atoms with Gasteiger partial charge in [-0.3, -0.25) is 0 Å². The van der Waals surface area contributed by atoms with E-state index in [1.54, 1.807) is 24.4 Å². The molecule has 1 heterocycles. The molecule has 1 aromatic carbocycles. The van der Waals surface area contributed by atoms with E-state index in [0.29, 0.717) is 11.4 Å². The molecule has 0 unspecified atom stereocenters. The van der Waals surface area contributed by atoms with Gasteiger partial charge in [-0.05, 0) is 24.6 Å². The normalized spacial score (nSPS) is 10.2. The molecule has 0 atom stereocenters. The van der Waals surface area contributed by atoms with Crippen molar-refractivity contribution in [1.82, 2.24) is 9.97 Å². The lowest BCUT2D eigenvalue weighted by atomic mass is 10.2. The van der Waals surface area contributed by atoms with Crippen molar-refractivity contribution in [2.45, 2.75) is 13.3 Å². The highest BCUT2D eigenvalue weighted by atomic mass is 19.1. The Kier molecular flexibility index (Phi) is 3.65. The van der Waals surface area contributed by atoms with E-state index in [0.717, 1.165) is 18.8 Å². The molecule has 0 saturated carbocycles. The van der Waals surface area contributed by atoms with Crippen LogP contribution >= 0.6 is 0 Å². The lowest BCUT2D eigenvalue weighted by molar-refractivity contribution is 0.628. The fourth-order valence-electron chi connectivity index (χ4n) is 1.48. The summed E-state index contributed by atoms with van der Waals surface area (Å²) in [7, 11) is 0. The molecular formula is C13H14FN3. The molecule has 0 bridgehead atoms. The highest BCUT2D eigenvalue weighted by Gasteiger charge is 2.03. The Hall–Kier alpha value is -1.97. The monoisotopic (exact) mass is 231 g/mol. The molecule has 0 aliphatic heterocycles. The van der Waals surface area contributed by atoms with Crippen LogP contribution in [0.25, 0.3) is 11.4 Å². The van der Waals surface area contributed by atoms with Crippen LogP contribution in [0.4, 0.5) is 10.2 Å². The van der Waals surface area contributed by atoms with Crippen molar-refractivity contribution in [3.63, 3.8) is 0 Å². The van der Waals surface area contributed by atoms with Gasteiger partial charge in [0.2, 0.25) is 0 Å². The molecule has 0 fully saturated rings. The lowest BCUT2D eigenvalue weighted by Crippen LogP contribution is -2.03. The van der Waals surface area contributed by atoms with Crippen LogP contribution in [-0.2, 0) is 0 Å². The molecule has 2 aromatic rings. The second kappa shape index (κ2) is 5.39. The van der Waals surface area contributed by atoms with Gasteiger partial charge in [0.15, 0.2) is 5.82 Å². The average molecular weight is 231 g/mol. The molecule has 0 radical (unpaired) electrons. The fraction of sp³-hybridized carbons (Fsp3) is 0.231. The Morgan fingerprint density at radius 3 is 2.94 bits per heavy atom. The quantitative estimate of drug-likeness (QED) is 0.878. The number of nitrogens with one attached hydrogen (secondary N) is 1. The summed E-state index contributed by atoms with van der Waals surface area (Å²) in [5.41, 5.74) is 0.685. The topological polar surface area (TPSA) is 37.8 Å². The molecule has 17 heavy (non-hydrogen) atoms. The smallest absolute Gasteiger partial charge is 0.161 e. The number of hydrogen-bond acceptors (Lipinski definition) is 3. The van der Waals surface area contributed by atoms with Gasteiger partial charge in [0.25, 0.3) is 0 Å². The van der Waals surface area contributed by atoms with Crippen molar-refractivity contribution in [2.75, 3.05) is 11.9 Å². The standard InChI is InChI=1S/C13H14FN3/c1-2-7-15-12-6-8-16-13(17-12)10-4-3-5-11(14)9-10/h3-6,8-9H,2,7H2,1H3,(H,15,16,17). The lowest BCUT2D eigenvalue weighted by Gasteiger charge is -2.05. The molecule has 3 nitrogen and oxygen atoms in total. The van der Waals surface area contributed by atoms with E-state index in [1.165, 1.54) is 12.1 Å². The summed E-state index contributed by atoms with van der Waals surface area (Å²) in [6, 6.07) is 8.09. The molecule has 0 aliphatic rings. The number of halogens is 1. The van der Waals surface area contributed by atoms with Gasteiger partial charge in [-0.25, -0.2) is 14.4 Å². The van der Waals surface area contributed by atoms with E-state index >= 15 is 0 Å². The predicted octanol–water partition coefficient (Wildman–Crippen LogP) is 3.10. The van der Waals surface area contributed by atoms with Crippen molar-refractivity contribution >= 4 is 5.82 Å². The molecule has 88 valence electrons. The Bertz CT molecular complexity index is 500. The Balaban J connectivity index is 2.26. The third kappa shape index (κ3) is 3.00. The van der Waals surface area contributed by atoms with E-state index in [1.807, 2.05) is 0 Å². The van der Waals surface area contributed by atoms with Crippen LogP contribution in [0.5, 0.6) is 0 Å². The minimum atomic E-state index is -0.280. The number of aromatic nitrogens is 2. The molecule has 0 saturated heterocycles. The van der Waals surface area contributed by atoms with E-state index in [4.69, 9.17) is 0 Å². The predicted molar refractivity (Wildman–Crippen MR) is 66.2 cm³/mol. The highest BCUT2D eigenvalue weighted by molar-refractivity contribution is 5.56. The van der Waals surface area contributed by atoms with Crippen molar-refractivity contribution in [3.05, 3.63) is 42.3 Å². The summed E-state index contributed by atoms with van der Waals surface area (Å²) >= 11 is 0. The highest BCUT2D eigenvalue weighted by Crippen LogP contribution is 2.16. The zero-order valence-electron chi connectivity index (χ0n) is 9.65. The maximum atomic E-state index is 13.1. The van der Waals surface area contributed by atoms with Gasteiger partial charge in [0, 0.05) is 18.3 Å². The summed E-state index contributed by atoms with van der Waals surface area (Å²) < 4.78 is 13.1. The summed E-state index contributed by atoms with van der Waals surface area (Å²) in [6.45, 7) is 2.95. The average Bonchev–Trinajstić information content (AvgIpc) is 2.37. The number of rotatable bonds is 4. The van der Waals surface area contributed by atoms with Crippen LogP contribution in [0.1, 0.15) is 13.3 Å². The second-order valence-corrected chi connectivity index (χ2v) is 3.70. The zero-order chi connectivity index (χ0) is 12.1. The minimum Gasteiger partial charge on any atom is -0.370 e. The van der Waals surface area contributed by atoms with Crippen LogP contribution in [0.2, 0.25) is 0 Å². The molecule has 0 spiro atoms. The molecule has 0 amide bonds. The van der Waals surface area contributed by atoms with E-state index in [2.05, 4.69) is 22.2 Å². The minimum absolute atomic E-state index is 0.280. The van der Waals surface area contributed by atoms with Gasteiger partial charge in [0.05, 0.1) is 0 Å². The van der Waals surface area contributed by atoms with E-state index in [-0.39, 0.29) is 5.82 Å². The van der Waals surface area contributed by atoms with E-state index in [9.17, 15) is 4.39 Å². The van der Waals surface area contributed by atoms with Gasteiger partial charge in [-0.15, -0.1) is 0 Å². The SMILES string of the molecule is CCCNc1ccnc(-c2cccc(F)c2)n1. The third-order valence-corrected chi connectivity index (χ3v) is 2.29. The molecule has 0 aliphatic carbocycles. The van der Waals surface area contributed by atoms with Crippen LogP contribution < -0.4 is 5.32 Å². The van der Waals surface area contributed by atoms with Gasteiger partial charge >= 0.3 is 0 Å². The molecule has 4 heteroatoms. The van der Waals surface area contributed by atoms with Crippen LogP contribution in [-0.4, -0.2) is 16.5 Å². The third-order valence-electron chi connectivity index (χ3n) is 2.29. The molecular weight excluding hydrogens is 217 g/mol. The first-order chi connectivity index (χ1) is 8.29. The number of benzene rings is 1. The number of anilines is 1. The molecule has 1 aromatic heterocycles. The summed E-state index contributed by atoms with van der Waals surface area (Å²) in [6.07, 6.45) is 2.70. The number of nitrogens with zero attached hydrogens (tertiary/aromatic N) is 2. The first kappa shape index (κ1) is 11.5. The summed E-state index contributed by atoms with van der Waals surface area (Å²) in [4.78, 5) is 8.47. The Labute approximate surface area is 99.7 Å². The fourth-order valence-corrected chi connectivity index (χ4v) is 1.48. The first-order valence-corrected chi connectivity index (χ1v) is 5.62. The maximum Gasteiger partial charge on any atom is 0.161 e. The van der Waals surface area contributed by atoms with E-state index < -0.39 is 0 Å². The van der Waals surface area contributed by atoms with Crippen LogP contribution in [0.15, 0.2) is 36.5 Å². The van der Waals surface area contributed by atoms with Crippen LogP contribution in [0.3, 0.4) is 0 Å². The maximum absolute atomic E-state index is 13.1. The van der Waals surface area contributed by atoms with Gasteiger partial charge in [-0.2, -0.15) is 0 Å². The van der Waals surface area contributed by atoms with Crippen molar-refractivity contribution in [1.29, 1.82) is 0 Å². The first-order valence-electron chi connectivity index (χ1n) is 5.62. The zero-order valence-corrected chi connectivity index (χ0v) is 9.65. The van der Waals surface area contributed by atoms with Gasteiger partial charge in [0.1, 0.15) is 11.6 Å². The molecule has 2 rings (SSSR count). The van der Waals surface area contributed by atoms with Gasteiger partial charge in [-0.1, -0.05) is 19.1 Å². The molecule has 1 N–H and O–H groups in total. The second-order valence-electron chi connectivity index (χ2n) is 3.70. The summed E-state index contributed by atoms with van der Waals surface area (Å²) in [5.74, 6) is 1.02. The van der Waals surface area contributed by atoms with Crippen molar-refractivity contribution in [3.8, 4) is 11.4 Å². The largest absolute Gasteiger partial charge is 0.370 e. The summed E-state index contributed by atoms with van der Waals surface area (Å²) in [5, 5.41) is 3.17. The van der Waals surface area contributed by atoms with Crippen LogP contribution in [0, 0.1) is 5.82 Å². The van der Waals surface area contributed by atoms with Crippen molar-refractivity contribution in [2.24, 2.45) is 0 Å². The number of hydrogen-bond donors (Lipinski definition) is 1. The van der Waals surface area contributed by atoms with Crippen molar-refractivity contribution < 1.29 is 4.39 Å². The Morgan fingerprint density at radius 1 is 1.29 bits per heavy atom. The Morgan fingerprint density at radius 2 is 2.18 bits per heavy atom. The van der Waals surface area contributed by atoms with Gasteiger partial charge < -0.3 is 5.32 Å².